The molecular weight excluding hydrogens is 340 g/mol. The summed E-state index contributed by atoms with van der Waals surface area (Å²) in [4.78, 5) is 22.6. The van der Waals surface area contributed by atoms with Gasteiger partial charge in [-0.2, -0.15) is 0 Å². The van der Waals surface area contributed by atoms with Crippen molar-refractivity contribution in [1.82, 2.24) is 0 Å². The molecule has 134 valence electrons. The van der Waals surface area contributed by atoms with Crippen LogP contribution < -0.4 is 5.63 Å². The van der Waals surface area contributed by atoms with Gasteiger partial charge in [0.25, 0.3) is 0 Å². The van der Waals surface area contributed by atoms with Crippen LogP contribution in [0.2, 0.25) is 0 Å². The second-order valence-corrected chi connectivity index (χ2v) is 5.84. The van der Waals surface area contributed by atoms with E-state index in [-0.39, 0.29) is 11.4 Å². The highest BCUT2D eigenvalue weighted by Gasteiger charge is 2.18. The number of benzene rings is 3. The first-order valence-corrected chi connectivity index (χ1v) is 8.46. The maximum absolute atomic E-state index is 11.9. The molecule has 4 heteroatoms. The minimum Gasteiger partial charge on any atom is -0.423 e. The van der Waals surface area contributed by atoms with E-state index in [0.29, 0.717) is 16.7 Å². The molecule has 27 heavy (non-hydrogen) atoms. The summed E-state index contributed by atoms with van der Waals surface area (Å²) in [6.45, 7) is 0. The van der Waals surface area contributed by atoms with Gasteiger partial charge in [-0.25, -0.2) is 4.79 Å². The Morgan fingerprint density at radius 3 is 2.04 bits per heavy atom. The van der Waals surface area contributed by atoms with Crippen LogP contribution in [-0.4, -0.2) is 10.9 Å². The van der Waals surface area contributed by atoms with E-state index in [1.165, 1.54) is 6.07 Å². The van der Waals surface area contributed by atoms with Crippen LogP contribution in [0.3, 0.4) is 0 Å². The lowest BCUT2D eigenvalue weighted by molar-refractivity contribution is 0.0747. The highest BCUT2D eigenvalue weighted by Crippen LogP contribution is 2.17. The van der Waals surface area contributed by atoms with Crippen LogP contribution >= 0.6 is 0 Å². The Morgan fingerprint density at radius 2 is 1.33 bits per heavy atom. The number of para-hydroxylation sites is 1. The van der Waals surface area contributed by atoms with Gasteiger partial charge >= 0.3 is 5.63 Å². The Labute approximate surface area is 156 Å². The van der Waals surface area contributed by atoms with Crippen molar-refractivity contribution in [3.8, 4) is 0 Å². The van der Waals surface area contributed by atoms with Gasteiger partial charge in [0, 0.05) is 17.0 Å². The fraction of sp³-hybridized carbons (Fsp3) is 0.0435. The first-order valence-electron chi connectivity index (χ1n) is 8.46. The fourth-order valence-electron chi connectivity index (χ4n) is 2.56. The molecule has 0 saturated carbocycles. The van der Waals surface area contributed by atoms with Crippen LogP contribution in [0.15, 0.2) is 106 Å². The van der Waals surface area contributed by atoms with Crippen molar-refractivity contribution < 1.29 is 14.3 Å². The molecule has 1 N–H and O–H groups in total. The largest absolute Gasteiger partial charge is 0.423 e. The Bertz CT molecular complexity index is 1070. The van der Waals surface area contributed by atoms with Gasteiger partial charge < -0.3 is 9.52 Å². The first-order chi connectivity index (χ1) is 13.1. The van der Waals surface area contributed by atoms with Crippen LogP contribution in [0.4, 0.5) is 0 Å². The lowest BCUT2D eigenvalue weighted by Gasteiger charge is -2.09. The van der Waals surface area contributed by atoms with E-state index in [9.17, 15) is 14.7 Å². The Balaban J connectivity index is 0.000000166. The Morgan fingerprint density at radius 1 is 0.741 bits per heavy atom. The Hall–Kier alpha value is -3.50. The van der Waals surface area contributed by atoms with E-state index in [0.717, 1.165) is 5.39 Å². The van der Waals surface area contributed by atoms with E-state index in [2.05, 4.69) is 0 Å². The minimum absolute atomic E-state index is 0.271. The standard InChI is InChI=1S/C14H12O2.C9H6O2/c15-13(11-7-3-1-4-8-11)14(16)12-9-5-2-6-10-12;10-9-6-5-7-3-1-2-4-8(7)11-9/h1-10,13,15H;1-6H. The van der Waals surface area contributed by atoms with E-state index >= 15 is 0 Å². The second kappa shape index (κ2) is 8.74. The lowest BCUT2D eigenvalue weighted by atomic mass is 10.0. The summed E-state index contributed by atoms with van der Waals surface area (Å²) in [5.41, 5.74) is 1.49. The zero-order chi connectivity index (χ0) is 19.1. The molecule has 4 aromatic rings. The summed E-state index contributed by atoms with van der Waals surface area (Å²) in [5.74, 6) is -0.271. The number of aliphatic hydroxyl groups is 1. The van der Waals surface area contributed by atoms with Gasteiger partial charge in [0.15, 0.2) is 5.78 Å². The van der Waals surface area contributed by atoms with Crippen molar-refractivity contribution in [2.75, 3.05) is 0 Å². The number of carbonyl (C=O) groups is 1. The molecule has 1 heterocycles. The number of fused-ring (bicyclic) bond motifs is 1. The summed E-state index contributed by atoms with van der Waals surface area (Å²) < 4.78 is 4.91. The van der Waals surface area contributed by atoms with Crippen molar-refractivity contribution in [3.63, 3.8) is 0 Å². The summed E-state index contributed by atoms with van der Waals surface area (Å²) in [5, 5.41) is 10.8. The minimum atomic E-state index is -1.08. The molecule has 3 aromatic carbocycles. The second-order valence-electron chi connectivity index (χ2n) is 5.84. The van der Waals surface area contributed by atoms with Gasteiger partial charge in [-0.05, 0) is 17.7 Å². The average Bonchev–Trinajstić information content (AvgIpc) is 2.74. The van der Waals surface area contributed by atoms with Crippen LogP contribution in [0, 0.1) is 0 Å². The Kier molecular flexibility index (Phi) is 5.92. The number of hydrogen-bond acceptors (Lipinski definition) is 4. The first kappa shape index (κ1) is 18.3. The molecule has 0 radical (unpaired) electrons. The molecule has 1 aromatic heterocycles. The third-order valence-corrected chi connectivity index (χ3v) is 3.95. The molecule has 0 spiro atoms. The number of Topliss-reactive ketones (excluding diaryl/α,β-unsaturated/α-hetero) is 1. The molecule has 4 nitrogen and oxygen atoms in total. The summed E-state index contributed by atoms with van der Waals surface area (Å²) in [6, 6.07) is 28.3. The molecule has 0 bridgehead atoms. The SMILES string of the molecule is O=C(c1ccccc1)C(O)c1ccccc1.O=c1ccc2ccccc2o1. The summed E-state index contributed by atoms with van der Waals surface area (Å²) in [7, 11) is 0. The molecule has 0 fully saturated rings. The molecular formula is C23H18O4. The zero-order valence-corrected chi connectivity index (χ0v) is 14.5. The van der Waals surface area contributed by atoms with Gasteiger partial charge in [0.1, 0.15) is 11.7 Å². The topological polar surface area (TPSA) is 67.5 Å². The van der Waals surface area contributed by atoms with Crippen LogP contribution in [0.1, 0.15) is 22.0 Å². The third kappa shape index (κ3) is 4.77. The van der Waals surface area contributed by atoms with Gasteiger partial charge in [-0.1, -0.05) is 78.9 Å². The van der Waals surface area contributed by atoms with Crippen molar-refractivity contribution >= 4 is 16.8 Å². The average molecular weight is 358 g/mol. The molecule has 4 rings (SSSR count). The number of rotatable bonds is 3. The van der Waals surface area contributed by atoms with E-state index < -0.39 is 6.10 Å². The van der Waals surface area contributed by atoms with Crippen molar-refractivity contribution in [1.29, 1.82) is 0 Å². The van der Waals surface area contributed by atoms with E-state index in [1.807, 2.05) is 30.3 Å². The van der Waals surface area contributed by atoms with Gasteiger partial charge in [-0.15, -0.1) is 0 Å². The molecule has 0 aliphatic carbocycles. The van der Waals surface area contributed by atoms with Crippen molar-refractivity contribution in [3.05, 3.63) is 119 Å². The van der Waals surface area contributed by atoms with Gasteiger partial charge in [0.05, 0.1) is 0 Å². The van der Waals surface area contributed by atoms with Crippen LogP contribution in [0.5, 0.6) is 0 Å². The molecule has 0 aliphatic rings. The normalized spacial score (nSPS) is 11.3. The van der Waals surface area contributed by atoms with E-state index in [4.69, 9.17) is 4.42 Å². The molecule has 1 atom stereocenters. The van der Waals surface area contributed by atoms with Crippen molar-refractivity contribution in [2.24, 2.45) is 0 Å². The predicted molar refractivity (Wildman–Crippen MR) is 105 cm³/mol. The molecule has 0 aliphatic heterocycles. The fourth-order valence-corrected chi connectivity index (χ4v) is 2.56. The zero-order valence-electron chi connectivity index (χ0n) is 14.5. The van der Waals surface area contributed by atoms with E-state index in [1.54, 1.807) is 60.7 Å². The smallest absolute Gasteiger partial charge is 0.336 e. The van der Waals surface area contributed by atoms with Gasteiger partial charge in [-0.3, -0.25) is 4.79 Å². The maximum Gasteiger partial charge on any atom is 0.336 e. The quantitative estimate of drug-likeness (QED) is 0.435. The molecule has 0 amide bonds. The third-order valence-electron chi connectivity index (χ3n) is 3.95. The summed E-state index contributed by atoms with van der Waals surface area (Å²) in [6.07, 6.45) is -1.08. The van der Waals surface area contributed by atoms with Crippen molar-refractivity contribution in [2.45, 2.75) is 6.10 Å². The summed E-state index contributed by atoms with van der Waals surface area (Å²) >= 11 is 0. The highest BCUT2D eigenvalue weighted by molar-refractivity contribution is 5.99. The number of aliphatic hydroxyl groups excluding tert-OH is 1. The molecule has 1 unspecified atom stereocenters. The number of hydrogen-bond donors (Lipinski definition) is 1. The predicted octanol–water partition coefficient (Wildman–Crippen LogP) is 4.40. The van der Waals surface area contributed by atoms with Gasteiger partial charge in [0.2, 0.25) is 0 Å². The van der Waals surface area contributed by atoms with Crippen LogP contribution in [0.25, 0.3) is 11.0 Å². The lowest BCUT2D eigenvalue weighted by Crippen LogP contribution is -2.11. The maximum atomic E-state index is 11.9. The highest BCUT2D eigenvalue weighted by atomic mass is 16.4. The molecule has 0 saturated heterocycles. The monoisotopic (exact) mass is 358 g/mol. The number of carbonyl (C=O) groups excluding carboxylic acids is 1. The van der Waals surface area contributed by atoms with Crippen LogP contribution in [-0.2, 0) is 0 Å². The number of ketones is 1.